The van der Waals surface area contributed by atoms with Gasteiger partial charge in [0.05, 0.1) is 4.90 Å². The minimum atomic E-state index is -4.15. The van der Waals surface area contributed by atoms with Crippen LogP contribution in [0.25, 0.3) is 0 Å². The Labute approximate surface area is 101 Å². The van der Waals surface area contributed by atoms with Crippen LogP contribution in [0.15, 0.2) is 30.4 Å². The number of benzene rings is 1. The number of hydrogen-bond donors (Lipinski definition) is 1. The van der Waals surface area contributed by atoms with Gasteiger partial charge in [0, 0.05) is 13.4 Å². The Morgan fingerprint density at radius 2 is 1.46 bits per heavy atom. The largest absolute Gasteiger partial charge is 0.294 e. The van der Waals surface area contributed by atoms with Crippen molar-refractivity contribution in [3.05, 3.63) is 25.6 Å². The van der Waals surface area contributed by atoms with Gasteiger partial charge >= 0.3 is 0 Å². The van der Waals surface area contributed by atoms with Crippen molar-refractivity contribution in [2.24, 2.45) is 0 Å². The van der Waals surface area contributed by atoms with Crippen molar-refractivity contribution in [1.82, 2.24) is 0 Å². The summed E-state index contributed by atoms with van der Waals surface area (Å²) in [5.74, 6) is 0. The molecule has 0 spiro atoms. The SMILES string of the molecule is O=S(=O)(O)c1cc(Br)c(Br)c(Br)c1. The Balaban J connectivity index is 3.47. The molecule has 0 aliphatic rings. The minimum absolute atomic E-state index is 0.158. The third-order valence-corrected chi connectivity index (χ3v) is 5.26. The zero-order valence-electron chi connectivity index (χ0n) is 5.96. The molecule has 1 aromatic rings. The van der Waals surface area contributed by atoms with Gasteiger partial charge in [-0.25, -0.2) is 0 Å². The van der Waals surface area contributed by atoms with Gasteiger partial charge in [0.1, 0.15) is 0 Å². The number of hydrogen-bond acceptors (Lipinski definition) is 2. The van der Waals surface area contributed by atoms with Crippen molar-refractivity contribution in [1.29, 1.82) is 0 Å². The second-order valence-electron chi connectivity index (χ2n) is 2.18. The third kappa shape index (κ3) is 2.76. The van der Waals surface area contributed by atoms with Crippen LogP contribution in [-0.2, 0) is 10.1 Å². The molecule has 7 heteroatoms. The van der Waals surface area contributed by atoms with Crippen LogP contribution in [0, 0.1) is 0 Å². The van der Waals surface area contributed by atoms with Crippen LogP contribution < -0.4 is 0 Å². The fourth-order valence-electron chi connectivity index (χ4n) is 0.681. The molecular weight excluding hydrogens is 392 g/mol. The van der Waals surface area contributed by atoms with Crippen LogP contribution >= 0.6 is 47.8 Å². The summed E-state index contributed by atoms with van der Waals surface area (Å²) in [6, 6.07) is 2.62. The highest BCUT2D eigenvalue weighted by atomic mass is 79.9. The maximum atomic E-state index is 10.7. The highest BCUT2D eigenvalue weighted by Crippen LogP contribution is 2.33. The summed E-state index contributed by atoms with van der Waals surface area (Å²) in [6.07, 6.45) is 0. The predicted octanol–water partition coefficient (Wildman–Crippen LogP) is 3.22. The van der Waals surface area contributed by atoms with Crippen LogP contribution in [-0.4, -0.2) is 13.0 Å². The van der Waals surface area contributed by atoms with Gasteiger partial charge < -0.3 is 0 Å². The van der Waals surface area contributed by atoms with Crippen molar-refractivity contribution >= 4 is 57.9 Å². The van der Waals surface area contributed by atoms with E-state index in [0.29, 0.717) is 13.4 Å². The second kappa shape index (κ2) is 3.98. The smallest absolute Gasteiger partial charge is 0.282 e. The van der Waals surface area contributed by atoms with Crippen LogP contribution in [0.5, 0.6) is 0 Å². The third-order valence-electron chi connectivity index (χ3n) is 1.26. The fourth-order valence-corrected chi connectivity index (χ4v) is 2.93. The highest BCUT2D eigenvalue weighted by Gasteiger charge is 2.13. The normalized spacial score (nSPS) is 11.7. The summed E-state index contributed by atoms with van der Waals surface area (Å²) in [5.41, 5.74) is 0. The second-order valence-corrected chi connectivity index (χ2v) is 6.10. The van der Waals surface area contributed by atoms with Gasteiger partial charge in [-0.2, -0.15) is 8.42 Å². The summed E-state index contributed by atoms with van der Waals surface area (Å²) in [6.45, 7) is 0. The minimum Gasteiger partial charge on any atom is -0.282 e. The molecule has 0 unspecified atom stereocenters. The van der Waals surface area contributed by atoms with Gasteiger partial charge in [0.2, 0.25) is 0 Å². The van der Waals surface area contributed by atoms with Gasteiger partial charge in [0.25, 0.3) is 10.1 Å². The van der Waals surface area contributed by atoms with E-state index in [1.165, 1.54) is 12.1 Å². The van der Waals surface area contributed by atoms with Gasteiger partial charge in [-0.3, -0.25) is 4.55 Å². The summed E-state index contributed by atoms with van der Waals surface area (Å²) in [5, 5.41) is 0. The summed E-state index contributed by atoms with van der Waals surface area (Å²) in [7, 11) is -4.15. The van der Waals surface area contributed by atoms with Crippen molar-refractivity contribution in [3.8, 4) is 0 Å². The Morgan fingerprint density at radius 3 is 1.77 bits per heavy atom. The molecule has 0 aliphatic carbocycles. The van der Waals surface area contributed by atoms with Crippen LogP contribution in [0.4, 0.5) is 0 Å². The molecule has 3 nitrogen and oxygen atoms in total. The molecule has 0 amide bonds. The Kier molecular flexibility index (Phi) is 3.56. The lowest BCUT2D eigenvalue weighted by atomic mass is 10.4. The molecule has 0 bridgehead atoms. The number of halogens is 3. The monoisotopic (exact) mass is 392 g/mol. The van der Waals surface area contributed by atoms with E-state index in [4.69, 9.17) is 4.55 Å². The van der Waals surface area contributed by atoms with E-state index < -0.39 is 10.1 Å². The first kappa shape index (κ1) is 11.6. The molecule has 0 heterocycles. The molecule has 0 atom stereocenters. The maximum Gasteiger partial charge on any atom is 0.294 e. The van der Waals surface area contributed by atoms with E-state index in [1.54, 1.807) is 0 Å². The topological polar surface area (TPSA) is 54.4 Å². The lowest BCUT2D eigenvalue weighted by molar-refractivity contribution is 0.483. The summed E-state index contributed by atoms with van der Waals surface area (Å²) >= 11 is 9.48. The van der Waals surface area contributed by atoms with E-state index in [9.17, 15) is 8.42 Å². The maximum absolute atomic E-state index is 10.7. The summed E-state index contributed by atoms with van der Waals surface area (Å²) < 4.78 is 32.0. The van der Waals surface area contributed by atoms with Crippen molar-refractivity contribution in [2.75, 3.05) is 0 Å². The standard InChI is InChI=1S/C6H3Br3O3S/c7-4-1-3(13(10,11)12)2-5(8)6(4)9/h1-2H,(H,10,11,12). The molecule has 0 saturated heterocycles. The highest BCUT2D eigenvalue weighted by molar-refractivity contribution is 9.14. The fraction of sp³-hybridized carbons (Fsp3) is 0. The lowest BCUT2D eigenvalue weighted by Crippen LogP contribution is -1.98. The van der Waals surface area contributed by atoms with E-state index in [0.717, 1.165) is 0 Å². The molecule has 1 rings (SSSR count). The first-order valence-corrected chi connectivity index (χ1v) is 6.76. The Hall–Kier alpha value is 0.570. The molecule has 0 fully saturated rings. The molecule has 72 valence electrons. The van der Waals surface area contributed by atoms with E-state index in [1.807, 2.05) is 0 Å². The Bertz CT molecular complexity index is 417. The van der Waals surface area contributed by atoms with E-state index in [2.05, 4.69) is 47.8 Å². The van der Waals surface area contributed by atoms with Gasteiger partial charge in [-0.1, -0.05) is 0 Å². The van der Waals surface area contributed by atoms with Crippen molar-refractivity contribution in [3.63, 3.8) is 0 Å². The van der Waals surface area contributed by atoms with Crippen LogP contribution in [0.2, 0.25) is 0 Å². The zero-order chi connectivity index (χ0) is 10.2. The molecule has 13 heavy (non-hydrogen) atoms. The molecule has 0 aromatic heterocycles. The van der Waals surface area contributed by atoms with Crippen molar-refractivity contribution in [2.45, 2.75) is 4.90 Å². The Morgan fingerprint density at radius 1 is 1.08 bits per heavy atom. The quantitative estimate of drug-likeness (QED) is 0.587. The van der Waals surface area contributed by atoms with Gasteiger partial charge in [-0.05, 0) is 59.9 Å². The van der Waals surface area contributed by atoms with Crippen LogP contribution in [0.1, 0.15) is 0 Å². The van der Waals surface area contributed by atoms with Gasteiger partial charge in [0.15, 0.2) is 0 Å². The van der Waals surface area contributed by atoms with Gasteiger partial charge in [-0.15, -0.1) is 0 Å². The number of rotatable bonds is 1. The van der Waals surface area contributed by atoms with E-state index >= 15 is 0 Å². The first-order valence-electron chi connectivity index (χ1n) is 2.94. The van der Waals surface area contributed by atoms with Crippen molar-refractivity contribution < 1.29 is 13.0 Å². The molecule has 0 saturated carbocycles. The summed E-state index contributed by atoms with van der Waals surface area (Å²) in [4.78, 5) is -0.158. The molecule has 0 radical (unpaired) electrons. The molecule has 1 aromatic carbocycles. The molecular formula is C6H3Br3O3S. The molecule has 0 aliphatic heterocycles. The average molecular weight is 395 g/mol. The zero-order valence-corrected chi connectivity index (χ0v) is 11.5. The molecule has 1 N–H and O–H groups in total. The average Bonchev–Trinajstić information content (AvgIpc) is 1.97. The first-order chi connectivity index (χ1) is 5.82. The van der Waals surface area contributed by atoms with Crippen LogP contribution in [0.3, 0.4) is 0 Å². The lowest BCUT2D eigenvalue weighted by Gasteiger charge is -2.02. The predicted molar refractivity (Wildman–Crippen MR) is 59.4 cm³/mol. The van der Waals surface area contributed by atoms with E-state index in [-0.39, 0.29) is 4.90 Å².